The Morgan fingerprint density at radius 2 is 2.04 bits per heavy atom. The van der Waals surface area contributed by atoms with Gasteiger partial charge in [0.2, 0.25) is 10.0 Å². The van der Waals surface area contributed by atoms with E-state index in [2.05, 4.69) is 0 Å². The summed E-state index contributed by atoms with van der Waals surface area (Å²) in [5.41, 5.74) is 0.412. The third-order valence-corrected chi connectivity index (χ3v) is 5.20. The highest BCUT2D eigenvalue weighted by atomic mass is 32.2. The molecule has 0 fully saturated rings. The Morgan fingerprint density at radius 3 is 2.57 bits per heavy atom. The van der Waals surface area contributed by atoms with Crippen molar-refractivity contribution in [2.75, 3.05) is 7.05 Å². The minimum Gasteiger partial charge on any atom is -0.477 e. The number of carboxylic acids is 1. The van der Waals surface area contributed by atoms with Crippen LogP contribution in [0.5, 0.6) is 0 Å². The zero-order valence-electron chi connectivity index (χ0n) is 12.7. The number of aromatic carboxylic acids is 1. The van der Waals surface area contributed by atoms with Crippen molar-refractivity contribution < 1.29 is 22.7 Å². The van der Waals surface area contributed by atoms with Gasteiger partial charge in [-0.1, -0.05) is 12.1 Å². The summed E-state index contributed by atoms with van der Waals surface area (Å²) in [5, 5.41) is 9.11. The fraction of sp³-hybridized carbons (Fsp3) is 0.267. The maximum atomic E-state index is 13.2. The van der Waals surface area contributed by atoms with Crippen LogP contribution in [0, 0.1) is 5.82 Å². The van der Waals surface area contributed by atoms with E-state index in [1.165, 1.54) is 36.0 Å². The average molecular weight is 340 g/mol. The predicted octanol–water partition coefficient (Wildman–Crippen LogP) is 2.17. The number of sulfonamides is 1. The van der Waals surface area contributed by atoms with Crippen molar-refractivity contribution in [3.8, 4) is 0 Å². The molecule has 0 aliphatic heterocycles. The smallest absolute Gasteiger partial charge is 0.352 e. The molecule has 0 unspecified atom stereocenters. The van der Waals surface area contributed by atoms with E-state index < -0.39 is 21.8 Å². The summed E-state index contributed by atoms with van der Waals surface area (Å²) in [6.45, 7) is 2.05. The molecule has 6 nitrogen and oxygen atoms in total. The number of benzene rings is 1. The molecule has 0 saturated heterocycles. The highest BCUT2D eigenvalue weighted by molar-refractivity contribution is 7.89. The molecule has 23 heavy (non-hydrogen) atoms. The van der Waals surface area contributed by atoms with Crippen LogP contribution < -0.4 is 0 Å². The zero-order valence-corrected chi connectivity index (χ0v) is 13.5. The third kappa shape index (κ3) is 3.59. The molecule has 124 valence electrons. The fourth-order valence-corrected chi connectivity index (χ4v) is 3.42. The average Bonchev–Trinajstić information content (AvgIpc) is 2.92. The normalized spacial score (nSPS) is 11.8. The molecule has 0 bridgehead atoms. The third-order valence-electron chi connectivity index (χ3n) is 3.43. The lowest BCUT2D eigenvalue weighted by Gasteiger charge is -2.16. The van der Waals surface area contributed by atoms with E-state index >= 15 is 0 Å². The summed E-state index contributed by atoms with van der Waals surface area (Å²) in [5.74, 6) is -1.64. The van der Waals surface area contributed by atoms with Gasteiger partial charge in [0.15, 0.2) is 0 Å². The van der Waals surface area contributed by atoms with Crippen molar-refractivity contribution in [2.24, 2.45) is 0 Å². The molecule has 0 aliphatic carbocycles. The molecule has 1 aromatic heterocycles. The number of hydrogen-bond acceptors (Lipinski definition) is 3. The minimum absolute atomic E-state index is 0.0141. The number of carbonyl (C=O) groups is 1. The van der Waals surface area contributed by atoms with Crippen LogP contribution in [0.25, 0.3) is 0 Å². The number of rotatable bonds is 6. The maximum absolute atomic E-state index is 13.2. The topological polar surface area (TPSA) is 79.6 Å². The summed E-state index contributed by atoms with van der Waals surface area (Å²) in [6.07, 6.45) is 1.29. The van der Waals surface area contributed by atoms with Crippen LogP contribution in [0.2, 0.25) is 0 Å². The highest BCUT2D eigenvalue weighted by Gasteiger charge is 2.25. The summed E-state index contributed by atoms with van der Waals surface area (Å²) in [7, 11) is -2.50. The van der Waals surface area contributed by atoms with Crippen molar-refractivity contribution in [2.45, 2.75) is 24.9 Å². The first-order valence-electron chi connectivity index (χ1n) is 6.90. The van der Waals surface area contributed by atoms with Crippen LogP contribution in [0.1, 0.15) is 23.0 Å². The van der Waals surface area contributed by atoms with E-state index in [4.69, 9.17) is 5.11 Å². The van der Waals surface area contributed by atoms with Crippen LogP contribution in [0.4, 0.5) is 4.39 Å². The van der Waals surface area contributed by atoms with Gasteiger partial charge in [-0.15, -0.1) is 0 Å². The first-order valence-corrected chi connectivity index (χ1v) is 8.34. The summed E-state index contributed by atoms with van der Waals surface area (Å²) >= 11 is 0. The minimum atomic E-state index is -3.87. The lowest BCUT2D eigenvalue weighted by atomic mass is 10.2. The van der Waals surface area contributed by atoms with Gasteiger partial charge in [0, 0.05) is 26.3 Å². The lowest BCUT2D eigenvalue weighted by molar-refractivity contribution is 0.0685. The molecule has 0 atom stereocenters. The number of halogens is 1. The Hall–Kier alpha value is -2.19. The van der Waals surface area contributed by atoms with Gasteiger partial charge in [-0.2, -0.15) is 4.31 Å². The molecule has 0 amide bonds. The number of aromatic nitrogens is 1. The van der Waals surface area contributed by atoms with Crippen molar-refractivity contribution in [3.05, 3.63) is 53.6 Å². The molecule has 0 aliphatic rings. The van der Waals surface area contributed by atoms with Gasteiger partial charge >= 0.3 is 5.97 Å². The molecule has 2 aromatic rings. The van der Waals surface area contributed by atoms with Crippen LogP contribution >= 0.6 is 0 Å². The molecule has 2 rings (SSSR count). The van der Waals surface area contributed by atoms with Gasteiger partial charge in [-0.3, -0.25) is 0 Å². The quantitative estimate of drug-likeness (QED) is 0.874. The number of hydrogen-bond donors (Lipinski definition) is 1. The van der Waals surface area contributed by atoms with Crippen molar-refractivity contribution >= 4 is 16.0 Å². The first kappa shape index (κ1) is 17.2. The van der Waals surface area contributed by atoms with E-state index in [9.17, 15) is 17.6 Å². The van der Waals surface area contributed by atoms with Gasteiger partial charge in [-0.05, 0) is 30.7 Å². The second-order valence-electron chi connectivity index (χ2n) is 5.04. The molecule has 1 aromatic carbocycles. The zero-order chi connectivity index (χ0) is 17.2. The van der Waals surface area contributed by atoms with Gasteiger partial charge in [-0.25, -0.2) is 17.6 Å². The molecule has 1 heterocycles. The first-order chi connectivity index (χ1) is 10.8. The second kappa shape index (κ2) is 6.51. The lowest BCUT2D eigenvalue weighted by Crippen LogP contribution is -2.26. The van der Waals surface area contributed by atoms with Crippen LogP contribution in [-0.2, 0) is 23.1 Å². The van der Waals surface area contributed by atoms with Gasteiger partial charge in [0.05, 0.1) is 0 Å². The van der Waals surface area contributed by atoms with Crippen molar-refractivity contribution in [1.29, 1.82) is 0 Å². The SMILES string of the molecule is CCn1cc(S(=O)(=O)N(C)Cc2cccc(F)c2)cc1C(=O)O. The molecular weight excluding hydrogens is 323 g/mol. The highest BCUT2D eigenvalue weighted by Crippen LogP contribution is 2.20. The Labute approximate surface area is 133 Å². The molecule has 0 radical (unpaired) electrons. The van der Waals surface area contributed by atoms with Gasteiger partial charge in [0.1, 0.15) is 16.4 Å². The van der Waals surface area contributed by atoms with Crippen molar-refractivity contribution in [1.82, 2.24) is 8.87 Å². The summed E-state index contributed by atoms with van der Waals surface area (Å²) in [4.78, 5) is 11.0. The molecular formula is C15H17FN2O4S. The summed E-state index contributed by atoms with van der Waals surface area (Å²) < 4.78 is 40.7. The van der Waals surface area contributed by atoms with Crippen LogP contribution in [-0.4, -0.2) is 35.4 Å². The van der Waals surface area contributed by atoms with E-state index in [1.54, 1.807) is 13.0 Å². The molecule has 0 spiro atoms. The number of carboxylic acid groups (broad SMARTS) is 1. The number of nitrogens with zero attached hydrogens (tertiary/aromatic N) is 2. The van der Waals surface area contributed by atoms with Crippen LogP contribution in [0.15, 0.2) is 41.4 Å². The van der Waals surface area contributed by atoms with E-state index in [0.29, 0.717) is 12.1 Å². The standard InChI is InChI=1S/C15H17FN2O4S/c1-3-18-10-13(8-14(18)15(19)20)23(21,22)17(2)9-11-5-4-6-12(16)7-11/h4-8,10H,3,9H2,1-2H3,(H,19,20). The fourth-order valence-electron chi connectivity index (χ4n) is 2.22. The van der Waals surface area contributed by atoms with Gasteiger partial charge in [0.25, 0.3) is 0 Å². The van der Waals surface area contributed by atoms with E-state index in [1.807, 2.05) is 0 Å². The van der Waals surface area contributed by atoms with E-state index in [0.717, 1.165) is 10.4 Å². The molecule has 1 N–H and O–H groups in total. The maximum Gasteiger partial charge on any atom is 0.352 e. The monoisotopic (exact) mass is 340 g/mol. The second-order valence-corrected chi connectivity index (χ2v) is 7.09. The molecule has 0 saturated carbocycles. The van der Waals surface area contributed by atoms with Crippen molar-refractivity contribution in [3.63, 3.8) is 0 Å². The van der Waals surface area contributed by atoms with Gasteiger partial charge < -0.3 is 9.67 Å². The predicted molar refractivity (Wildman–Crippen MR) is 82.1 cm³/mol. The van der Waals surface area contributed by atoms with E-state index in [-0.39, 0.29) is 17.1 Å². The molecule has 8 heteroatoms. The van der Waals surface area contributed by atoms with Crippen LogP contribution in [0.3, 0.4) is 0 Å². The Morgan fingerprint density at radius 1 is 1.35 bits per heavy atom. The largest absolute Gasteiger partial charge is 0.477 e. The number of aryl methyl sites for hydroxylation is 1. The Balaban J connectivity index is 2.32. The summed E-state index contributed by atoms with van der Waals surface area (Å²) in [6, 6.07) is 6.78. The Kier molecular flexibility index (Phi) is 4.86. The Bertz CT molecular complexity index is 830.